The zero-order valence-corrected chi connectivity index (χ0v) is 9.09. The van der Waals surface area contributed by atoms with Gasteiger partial charge in [-0.05, 0) is 34.7 Å². The van der Waals surface area contributed by atoms with Gasteiger partial charge >= 0.3 is 0 Å². The van der Waals surface area contributed by atoms with Gasteiger partial charge in [-0.3, -0.25) is 4.90 Å². The van der Waals surface area contributed by atoms with Gasteiger partial charge < -0.3 is 4.90 Å². The normalized spacial score (nSPS) is 29.2. The Morgan fingerprint density at radius 2 is 1.75 bits per heavy atom. The van der Waals surface area contributed by atoms with E-state index < -0.39 is 0 Å². The Morgan fingerprint density at radius 1 is 1.17 bits per heavy atom. The first-order valence-electron chi connectivity index (χ1n) is 4.86. The highest BCUT2D eigenvalue weighted by atomic mass is 15.3. The molecule has 72 valence electrons. The van der Waals surface area contributed by atoms with Crippen LogP contribution in [0.25, 0.3) is 0 Å². The van der Waals surface area contributed by atoms with Gasteiger partial charge in [0.05, 0.1) is 0 Å². The second-order valence-corrected chi connectivity index (χ2v) is 4.98. The van der Waals surface area contributed by atoms with Gasteiger partial charge in [-0.2, -0.15) is 0 Å². The Labute approximate surface area is 76.5 Å². The van der Waals surface area contributed by atoms with E-state index in [4.69, 9.17) is 0 Å². The fourth-order valence-corrected chi connectivity index (χ4v) is 2.14. The quantitative estimate of drug-likeness (QED) is 0.542. The summed E-state index contributed by atoms with van der Waals surface area (Å²) in [4.78, 5) is 5.00. The fraction of sp³-hybridized carbons (Fsp3) is 1.00. The van der Waals surface area contributed by atoms with Crippen LogP contribution < -0.4 is 0 Å². The number of rotatable bonds is 0. The van der Waals surface area contributed by atoms with Gasteiger partial charge in [-0.15, -0.1) is 0 Å². The van der Waals surface area contributed by atoms with Crippen molar-refractivity contribution in [3.05, 3.63) is 0 Å². The lowest BCUT2D eigenvalue weighted by Gasteiger charge is -2.45. The molecule has 0 radical (unpaired) electrons. The van der Waals surface area contributed by atoms with Crippen LogP contribution in [0, 0.1) is 0 Å². The molecule has 1 rings (SSSR count). The molecule has 1 heterocycles. The second-order valence-electron chi connectivity index (χ2n) is 4.98. The predicted octanol–water partition coefficient (Wildman–Crippen LogP) is 1.42. The molecule has 1 fully saturated rings. The summed E-state index contributed by atoms with van der Waals surface area (Å²) in [6.07, 6.45) is 0. The maximum absolute atomic E-state index is 2.59. The summed E-state index contributed by atoms with van der Waals surface area (Å²) < 4.78 is 0. The first-order chi connectivity index (χ1) is 5.41. The summed E-state index contributed by atoms with van der Waals surface area (Å²) in [6.45, 7) is 12.8. The highest BCUT2D eigenvalue weighted by molar-refractivity contribution is 4.86. The summed E-state index contributed by atoms with van der Waals surface area (Å²) in [5, 5.41) is 0. The molecule has 12 heavy (non-hydrogen) atoms. The molecular formula is C10H22N2. The second kappa shape index (κ2) is 3.35. The zero-order valence-electron chi connectivity index (χ0n) is 9.09. The number of hydrogen-bond donors (Lipinski definition) is 0. The largest absolute Gasteiger partial charge is 0.304 e. The topological polar surface area (TPSA) is 6.48 Å². The van der Waals surface area contributed by atoms with E-state index in [1.54, 1.807) is 0 Å². The summed E-state index contributed by atoms with van der Waals surface area (Å²) in [7, 11) is 2.20. The van der Waals surface area contributed by atoms with E-state index in [9.17, 15) is 0 Å². The Hall–Kier alpha value is -0.0800. The van der Waals surface area contributed by atoms with Crippen LogP contribution in [0.15, 0.2) is 0 Å². The van der Waals surface area contributed by atoms with Gasteiger partial charge in [-0.25, -0.2) is 0 Å². The molecule has 1 aliphatic heterocycles. The van der Waals surface area contributed by atoms with Crippen LogP contribution in [0.4, 0.5) is 0 Å². The van der Waals surface area contributed by atoms with E-state index in [1.807, 2.05) is 0 Å². The number of hydrogen-bond acceptors (Lipinski definition) is 2. The first-order valence-corrected chi connectivity index (χ1v) is 4.86. The maximum atomic E-state index is 2.59. The molecule has 2 nitrogen and oxygen atoms in total. The molecule has 0 aromatic heterocycles. The summed E-state index contributed by atoms with van der Waals surface area (Å²) in [6, 6.07) is 0.698. The third-order valence-corrected chi connectivity index (χ3v) is 2.69. The van der Waals surface area contributed by atoms with E-state index in [0.29, 0.717) is 11.6 Å². The van der Waals surface area contributed by atoms with Crippen LogP contribution in [0.1, 0.15) is 27.7 Å². The monoisotopic (exact) mass is 170 g/mol. The van der Waals surface area contributed by atoms with Crippen LogP contribution >= 0.6 is 0 Å². The molecule has 0 aromatic rings. The molecule has 1 aliphatic rings. The minimum Gasteiger partial charge on any atom is -0.304 e. The van der Waals surface area contributed by atoms with Crippen molar-refractivity contribution in [2.24, 2.45) is 0 Å². The van der Waals surface area contributed by atoms with Crippen molar-refractivity contribution < 1.29 is 0 Å². The maximum Gasteiger partial charge on any atom is 0.0200 e. The molecule has 1 atom stereocenters. The predicted molar refractivity (Wildman–Crippen MR) is 53.4 cm³/mol. The fourth-order valence-electron chi connectivity index (χ4n) is 2.14. The molecule has 0 aromatic carbocycles. The van der Waals surface area contributed by atoms with Crippen molar-refractivity contribution in [3.8, 4) is 0 Å². The zero-order chi connectivity index (χ0) is 9.35. The van der Waals surface area contributed by atoms with Gasteiger partial charge in [-0.1, -0.05) is 0 Å². The Bertz CT molecular complexity index is 148. The molecule has 1 saturated heterocycles. The van der Waals surface area contributed by atoms with Crippen LogP contribution in [0.5, 0.6) is 0 Å². The number of nitrogens with zero attached hydrogens (tertiary/aromatic N) is 2. The van der Waals surface area contributed by atoms with Crippen molar-refractivity contribution in [1.82, 2.24) is 9.80 Å². The number of piperazine rings is 1. The Kier molecular flexibility index (Phi) is 2.79. The minimum absolute atomic E-state index is 0.334. The lowest BCUT2D eigenvalue weighted by Crippen LogP contribution is -2.57. The van der Waals surface area contributed by atoms with Crippen molar-refractivity contribution in [1.29, 1.82) is 0 Å². The van der Waals surface area contributed by atoms with E-state index in [-0.39, 0.29) is 0 Å². The molecule has 0 bridgehead atoms. The van der Waals surface area contributed by atoms with E-state index >= 15 is 0 Å². The van der Waals surface area contributed by atoms with Gasteiger partial charge in [0, 0.05) is 31.2 Å². The molecule has 2 heteroatoms. The van der Waals surface area contributed by atoms with Crippen molar-refractivity contribution in [2.75, 3.05) is 26.7 Å². The van der Waals surface area contributed by atoms with Gasteiger partial charge in [0.25, 0.3) is 0 Å². The van der Waals surface area contributed by atoms with Crippen molar-refractivity contribution in [2.45, 2.75) is 39.3 Å². The molecule has 0 spiro atoms. The highest BCUT2D eigenvalue weighted by Crippen LogP contribution is 2.19. The molecule has 0 saturated carbocycles. The summed E-state index contributed by atoms with van der Waals surface area (Å²) in [5.41, 5.74) is 0.334. The summed E-state index contributed by atoms with van der Waals surface area (Å²) in [5.74, 6) is 0. The number of likely N-dealkylation sites (N-methyl/N-ethyl adjacent to an activating group) is 1. The lowest BCUT2D eigenvalue weighted by molar-refractivity contribution is 0.0275. The average molecular weight is 170 g/mol. The highest BCUT2D eigenvalue weighted by Gasteiger charge is 2.29. The molecule has 0 amide bonds. The van der Waals surface area contributed by atoms with Crippen LogP contribution in [-0.2, 0) is 0 Å². The van der Waals surface area contributed by atoms with E-state index in [2.05, 4.69) is 44.5 Å². The Balaban J connectivity index is 2.57. The van der Waals surface area contributed by atoms with Gasteiger partial charge in [0.1, 0.15) is 0 Å². The molecule has 0 aliphatic carbocycles. The van der Waals surface area contributed by atoms with Gasteiger partial charge in [0.15, 0.2) is 0 Å². The average Bonchev–Trinajstić information content (AvgIpc) is 1.83. The SMILES string of the molecule is C[C@@H]1CN(C)CCN1C(C)(C)C. The summed E-state index contributed by atoms with van der Waals surface area (Å²) >= 11 is 0. The van der Waals surface area contributed by atoms with Crippen molar-refractivity contribution >= 4 is 0 Å². The van der Waals surface area contributed by atoms with E-state index in [1.165, 1.54) is 19.6 Å². The van der Waals surface area contributed by atoms with Crippen LogP contribution in [0.2, 0.25) is 0 Å². The van der Waals surface area contributed by atoms with Crippen LogP contribution in [0.3, 0.4) is 0 Å². The van der Waals surface area contributed by atoms with Gasteiger partial charge in [0.2, 0.25) is 0 Å². The third kappa shape index (κ3) is 2.20. The molecule has 0 N–H and O–H groups in total. The standard InChI is InChI=1S/C10H22N2/c1-9-8-11(5)6-7-12(9)10(2,3)4/h9H,6-8H2,1-5H3/t9-/m1/s1. The first kappa shape index (κ1) is 10.0. The minimum atomic E-state index is 0.334. The van der Waals surface area contributed by atoms with E-state index in [0.717, 1.165) is 0 Å². The molecule has 0 unspecified atom stereocenters. The third-order valence-electron chi connectivity index (χ3n) is 2.69. The van der Waals surface area contributed by atoms with Crippen molar-refractivity contribution in [3.63, 3.8) is 0 Å². The van der Waals surface area contributed by atoms with Crippen LogP contribution in [-0.4, -0.2) is 48.1 Å². The Morgan fingerprint density at radius 3 is 2.17 bits per heavy atom. The smallest absolute Gasteiger partial charge is 0.0200 e. The molecular weight excluding hydrogens is 148 g/mol. The lowest BCUT2D eigenvalue weighted by atomic mass is 10.0.